The molecule has 0 fully saturated rings. The summed E-state index contributed by atoms with van der Waals surface area (Å²) in [5, 5.41) is 1.51. The minimum atomic E-state index is -5.08. The summed E-state index contributed by atoms with van der Waals surface area (Å²) < 4.78 is 35.4. The van der Waals surface area contributed by atoms with Gasteiger partial charge in [-0.3, -0.25) is 14.4 Å². The lowest BCUT2D eigenvalue weighted by Crippen LogP contribution is -2.28. The third kappa shape index (κ3) is 2.99. The molecule has 0 N–H and O–H groups in total. The van der Waals surface area contributed by atoms with Gasteiger partial charge in [-0.15, -0.1) is 11.3 Å². The van der Waals surface area contributed by atoms with Crippen molar-refractivity contribution >= 4 is 28.7 Å². The van der Waals surface area contributed by atoms with E-state index in [0.29, 0.717) is 0 Å². The van der Waals surface area contributed by atoms with Gasteiger partial charge in [0.15, 0.2) is 0 Å². The van der Waals surface area contributed by atoms with Crippen LogP contribution in [0.1, 0.15) is 16.1 Å². The van der Waals surface area contributed by atoms with Crippen LogP contribution in [-0.4, -0.2) is 23.5 Å². The van der Waals surface area contributed by atoms with E-state index in [4.69, 9.17) is 0 Å². The van der Waals surface area contributed by atoms with E-state index >= 15 is 0 Å². The van der Waals surface area contributed by atoms with Gasteiger partial charge in [-0.25, -0.2) is 0 Å². The summed E-state index contributed by atoms with van der Waals surface area (Å²) in [7, 11) is 0. The molecular weight excluding hydrogens is 245 g/mol. The fourth-order valence-electron chi connectivity index (χ4n) is 0.871. The number of Topliss-reactive ketones (excluding diaryl/α,β-unsaturated/α-hetero) is 3. The van der Waals surface area contributed by atoms with Crippen LogP contribution in [-0.2, 0) is 9.59 Å². The topological polar surface area (TPSA) is 51.2 Å². The second-order valence-corrected chi connectivity index (χ2v) is 3.78. The van der Waals surface area contributed by atoms with Crippen LogP contribution in [0.4, 0.5) is 13.2 Å². The second kappa shape index (κ2) is 4.56. The Bertz CT molecular complexity index is 420. The van der Waals surface area contributed by atoms with Crippen molar-refractivity contribution in [2.45, 2.75) is 12.6 Å². The number of carbonyl (C=O) groups is 3. The largest absolute Gasteiger partial charge is 0.450 e. The maximum absolute atomic E-state index is 11.8. The molecule has 1 heterocycles. The highest BCUT2D eigenvalue weighted by atomic mass is 32.1. The molecule has 0 aliphatic carbocycles. The van der Waals surface area contributed by atoms with Gasteiger partial charge in [-0.2, -0.15) is 13.2 Å². The van der Waals surface area contributed by atoms with Crippen molar-refractivity contribution in [1.29, 1.82) is 0 Å². The maximum Gasteiger partial charge on any atom is 0.450 e. The minimum Gasteiger partial charge on any atom is -0.290 e. The van der Waals surface area contributed by atoms with Crippen LogP contribution in [0.2, 0.25) is 0 Å². The molecule has 0 atom stereocenters. The maximum atomic E-state index is 11.8. The number of thiophene rings is 1. The number of alkyl halides is 3. The number of rotatable bonds is 4. The van der Waals surface area contributed by atoms with Crippen LogP contribution in [0.15, 0.2) is 17.5 Å². The van der Waals surface area contributed by atoms with Crippen molar-refractivity contribution in [2.75, 3.05) is 0 Å². The van der Waals surface area contributed by atoms with Gasteiger partial charge in [0.05, 0.1) is 11.3 Å². The highest BCUT2D eigenvalue weighted by Gasteiger charge is 2.40. The van der Waals surface area contributed by atoms with Crippen molar-refractivity contribution in [3.05, 3.63) is 22.4 Å². The fourth-order valence-corrected chi connectivity index (χ4v) is 1.55. The molecule has 3 nitrogen and oxygen atoms in total. The molecule has 0 bridgehead atoms. The van der Waals surface area contributed by atoms with E-state index < -0.39 is 29.9 Å². The summed E-state index contributed by atoms with van der Waals surface area (Å²) >= 11 is 0.931. The fraction of sp³-hybridized carbons (Fsp3) is 0.222. The first-order chi connectivity index (χ1) is 7.32. The van der Waals surface area contributed by atoms with Crippen LogP contribution in [0.25, 0.3) is 0 Å². The van der Waals surface area contributed by atoms with E-state index in [0.717, 1.165) is 11.3 Å². The molecule has 1 rings (SSSR count). The van der Waals surface area contributed by atoms with E-state index in [1.54, 1.807) is 0 Å². The average Bonchev–Trinajstić information content (AvgIpc) is 2.67. The zero-order chi connectivity index (χ0) is 12.3. The van der Waals surface area contributed by atoms with Crippen LogP contribution in [0.3, 0.4) is 0 Å². The van der Waals surface area contributed by atoms with Gasteiger partial charge < -0.3 is 0 Å². The standard InChI is InChI=1S/C9H5F3O3S/c10-9(11,12)7(14)4-5(13)8(15)6-2-1-3-16-6/h1-3H,4H2. The molecule has 1 aromatic rings. The molecular formula is C9H5F3O3S. The molecule has 86 valence electrons. The molecule has 0 aliphatic heterocycles. The predicted molar refractivity (Wildman–Crippen MR) is 49.3 cm³/mol. The minimum absolute atomic E-state index is 0.0278. The predicted octanol–water partition coefficient (Wildman–Crippen LogP) is 2.02. The SMILES string of the molecule is O=C(CC(=O)C(F)(F)F)C(=O)c1cccs1. The first-order valence-electron chi connectivity index (χ1n) is 4.03. The Balaban J connectivity index is 2.68. The van der Waals surface area contributed by atoms with E-state index in [1.807, 2.05) is 0 Å². The van der Waals surface area contributed by atoms with Crippen LogP contribution in [0, 0.1) is 0 Å². The molecule has 0 saturated heterocycles. The van der Waals surface area contributed by atoms with Gasteiger partial charge in [0.2, 0.25) is 17.3 Å². The number of hydrogen-bond donors (Lipinski definition) is 0. The van der Waals surface area contributed by atoms with Crippen molar-refractivity contribution in [3.63, 3.8) is 0 Å². The summed E-state index contributed by atoms with van der Waals surface area (Å²) in [5.74, 6) is -4.61. The zero-order valence-electron chi connectivity index (χ0n) is 7.71. The number of hydrogen-bond acceptors (Lipinski definition) is 4. The summed E-state index contributed by atoms with van der Waals surface area (Å²) in [5.41, 5.74) is 0. The molecule has 0 saturated carbocycles. The van der Waals surface area contributed by atoms with Gasteiger partial charge in [0.25, 0.3) is 0 Å². The highest BCUT2D eigenvalue weighted by molar-refractivity contribution is 7.13. The third-order valence-electron chi connectivity index (χ3n) is 1.64. The first-order valence-corrected chi connectivity index (χ1v) is 4.91. The molecule has 0 spiro atoms. The molecule has 0 aromatic carbocycles. The van der Waals surface area contributed by atoms with Crippen LogP contribution in [0.5, 0.6) is 0 Å². The lowest BCUT2D eigenvalue weighted by molar-refractivity contribution is -0.171. The van der Waals surface area contributed by atoms with E-state index in [1.165, 1.54) is 17.5 Å². The lowest BCUT2D eigenvalue weighted by atomic mass is 10.1. The quantitative estimate of drug-likeness (QED) is 0.466. The number of carbonyl (C=O) groups excluding carboxylic acids is 3. The second-order valence-electron chi connectivity index (χ2n) is 2.83. The van der Waals surface area contributed by atoms with E-state index in [-0.39, 0.29) is 4.88 Å². The molecule has 0 unspecified atom stereocenters. The Morgan fingerprint density at radius 2 is 1.88 bits per heavy atom. The van der Waals surface area contributed by atoms with Gasteiger partial charge >= 0.3 is 6.18 Å². The molecule has 16 heavy (non-hydrogen) atoms. The van der Waals surface area contributed by atoms with Crippen molar-refractivity contribution in [2.24, 2.45) is 0 Å². The van der Waals surface area contributed by atoms with Crippen LogP contribution >= 0.6 is 11.3 Å². The highest BCUT2D eigenvalue weighted by Crippen LogP contribution is 2.19. The molecule has 0 aliphatic rings. The van der Waals surface area contributed by atoms with E-state index in [2.05, 4.69) is 0 Å². The van der Waals surface area contributed by atoms with Gasteiger partial charge in [-0.05, 0) is 11.4 Å². The summed E-state index contributed by atoms with van der Waals surface area (Å²) in [6.45, 7) is 0. The summed E-state index contributed by atoms with van der Waals surface area (Å²) in [4.78, 5) is 32.7. The Kier molecular flexibility index (Phi) is 3.58. The summed E-state index contributed by atoms with van der Waals surface area (Å²) in [6.07, 6.45) is -6.51. The summed E-state index contributed by atoms with van der Waals surface area (Å²) in [6, 6.07) is 2.79. The first kappa shape index (κ1) is 12.6. The smallest absolute Gasteiger partial charge is 0.290 e. The normalized spacial score (nSPS) is 11.2. The Morgan fingerprint density at radius 3 is 2.31 bits per heavy atom. The Morgan fingerprint density at radius 1 is 1.25 bits per heavy atom. The average molecular weight is 250 g/mol. The number of halogens is 3. The number of ketones is 3. The van der Waals surface area contributed by atoms with Crippen molar-refractivity contribution in [3.8, 4) is 0 Å². The third-order valence-corrected chi connectivity index (χ3v) is 2.50. The van der Waals surface area contributed by atoms with Gasteiger partial charge in [-0.1, -0.05) is 6.07 Å². The van der Waals surface area contributed by atoms with Crippen molar-refractivity contribution < 1.29 is 27.6 Å². The Labute approximate surface area is 91.9 Å². The van der Waals surface area contributed by atoms with E-state index in [9.17, 15) is 27.6 Å². The lowest BCUT2D eigenvalue weighted by Gasteiger charge is -2.02. The molecule has 1 aromatic heterocycles. The van der Waals surface area contributed by atoms with Gasteiger partial charge in [0.1, 0.15) is 0 Å². The molecule has 0 radical (unpaired) electrons. The molecule has 0 amide bonds. The van der Waals surface area contributed by atoms with Gasteiger partial charge in [0, 0.05) is 0 Å². The van der Waals surface area contributed by atoms with Crippen LogP contribution < -0.4 is 0 Å². The molecule has 7 heteroatoms. The zero-order valence-corrected chi connectivity index (χ0v) is 8.52. The van der Waals surface area contributed by atoms with Crippen molar-refractivity contribution in [1.82, 2.24) is 0 Å². The monoisotopic (exact) mass is 250 g/mol. The Hall–Kier alpha value is -1.50.